The zero-order valence-electron chi connectivity index (χ0n) is 7.92. The van der Waals surface area contributed by atoms with Crippen LogP contribution in [0.5, 0.6) is 0 Å². The van der Waals surface area contributed by atoms with E-state index in [9.17, 15) is 9.18 Å². The molecular formula is C10H12FNOS. The minimum Gasteiger partial charge on any atom is -0.359 e. The maximum Gasteiger partial charge on any atom is 0.220 e. The molecule has 1 aromatic rings. The maximum atomic E-state index is 13.1. The van der Waals surface area contributed by atoms with E-state index in [2.05, 4.69) is 5.32 Å². The van der Waals surface area contributed by atoms with E-state index in [1.54, 1.807) is 25.2 Å². The molecule has 0 aromatic heterocycles. The van der Waals surface area contributed by atoms with Gasteiger partial charge in [-0.15, -0.1) is 11.8 Å². The van der Waals surface area contributed by atoms with Crippen molar-refractivity contribution < 1.29 is 9.18 Å². The average Bonchev–Trinajstić information content (AvgIpc) is 2.20. The third-order valence-corrected chi connectivity index (χ3v) is 2.75. The van der Waals surface area contributed by atoms with Crippen LogP contribution in [0.25, 0.3) is 0 Å². The molecule has 0 bridgehead atoms. The molecule has 0 heterocycles. The molecule has 0 radical (unpaired) electrons. The van der Waals surface area contributed by atoms with E-state index in [1.165, 1.54) is 17.8 Å². The summed E-state index contributed by atoms with van der Waals surface area (Å²) in [5.74, 6) is 0.351. The molecule has 2 nitrogen and oxygen atoms in total. The molecule has 4 heteroatoms. The predicted molar refractivity (Wildman–Crippen MR) is 55.8 cm³/mol. The number of carbonyl (C=O) groups excluding carboxylic acids is 1. The Bertz CT molecular complexity index is 317. The largest absolute Gasteiger partial charge is 0.359 e. The Morgan fingerprint density at radius 2 is 2.21 bits per heavy atom. The van der Waals surface area contributed by atoms with Gasteiger partial charge in [0.2, 0.25) is 5.91 Å². The molecule has 14 heavy (non-hydrogen) atoms. The number of thioether (sulfide) groups is 1. The van der Waals surface area contributed by atoms with E-state index < -0.39 is 0 Å². The molecule has 0 saturated heterocycles. The molecule has 0 aliphatic heterocycles. The molecular weight excluding hydrogens is 201 g/mol. The first-order valence-corrected chi connectivity index (χ1v) is 5.30. The molecule has 1 amide bonds. The van der Waals surface area contributed by atoms with E-state index >= 15 is 0 Å². The van der Waals surface area contributed by atoms with Crippen molar-refractivity contribution >= 4 is 17.7 Å². The Balaban J connectivity index is 2.39. The van der Waals surface area contributed by atoms with Crippen molar-refractivity contribution in [3.8, 4) is 0 Å². The van der Waals surface area contributed by atoms with Gasteiger partial charge in [0.1, 0.15) is 5.82 Å². The standard InChI is InChI=1S/C10H12FNOS/c1-12-10(13)6-7-14-9-5-3-2-4-8(9)11/h2-5H,6-7H2,1H3,(H,12,13). The van der Waals surface area contributed by atoms with Crippen LogP contribution in [0.15, 0.2) is 29.2 Å². The van der Waals surface area contributed by atoms with Crippen molar-refractivity contribution in [3.05, 3.63) is 30.1 Å². The smallest absolute Gasteiger partial charge is 0.220 e. The molecule has 1 N–H and O–H groups in total. The third kappa shape index (κ3) is 3.38. The van der Waals surface area contributed by atoms with Crippen LogP contribution < -0.4 is 5.32 Å². The highest BCUT2D eigenvalue weighted by Crippen LogP contribution is 2.21. The van der Waals surface area contributed by atoms with Gasteiger partial charge in [0.25, 0.3) is 0 Å². The van der Waals surface area contributed by atoms with Gasteiger partial charge < -0.3 is 5.32 Å². The van der Waals surface area contributed by atoms with Crippen LogP contribution >= 0.6 is 11.8 Å². The van der Waals surface area contributed by atoms with E-state index in [4.69, 9.17) is 0 Å². The summed E-state index contributed by atoms with van der Waals surface area (Å²) >= 11 is 1.35. The Hall–Kier alpha value is -1.03. The summed E-state index contributed by atoms with van der Waals surface area (Å²) in [5.41, 5.74) is 0. The highest BCUT2D eigenvalue weighted by molar-refractivity contribution is 7.99. The fourth-order valence-corrected chi connectivity index (χ4v) is 1.83. The van der Waals surface area contributed by atoms with Crippen molar-refractivity contribution in [2.45, 2.75) is 11.3 Å². The average molecular weight is 213 g/mol. The van der Waals surface area contributed by atoms with Gasteiger partial charge in [0.15, 0.2) is 0 Å². The highest BCUT2D eigenvalue weighted by atomic mass is 32.2. The number of hydrogen-bond acceptors (Lipinski definition) is 2. The molecule has 0 aliphatic carbocycles. The first kappa shape index (κ1) is 11.0. The van der Waals surface area contributed by atoms with Crippen LogP contribution in [0, 0.1) is 5.82 Å². The molecule has 0 atom stereocenters. The fourth-order valence-electron chi connectivity index (χ4n) is 0.940. The van der Waals surface area contributed by atoms with Crippen LogP contribution in [0.1, 0.15) is 6.42 Å². The van der Waals surface area contributed by atoms with Crippen LogP contribution in [0.3, 0.4) is 0 Å². The zero-order chi connectivity index (χ0) is 10.4. The number of halogens is 1. The molecule has 76 valence electrons. The maximum absolute atomic E-state index is 13.1. The highest BCUT2D eigenvalue weighted by Gasteiger charge is 2.02. The number of carbonyl (C=O) groups is 1. The zero-order valence-corrected chi connectivity index (χ0v) is 8.73. The first-order valence-electron chi connectivity index (χ1n) is 4.32. The van der Waals surface area contributed by atoms with E-state index in [0.717, 1.165) is 0 Å². The van der Waals surface area contributed by atoms with Crippen LogP contribution in [0.2, 0.25) is 0 Å². The number of hydrogen-bond donors (Lipinski definition) is 1. The number of amides is 1. The monoisotopic (exact) mass is 213 g/mol. The van der Waals surface area contributed by atoms with Gasteiger partial charge in [-0.1, -0.05) is 12.1 Å². The summed E-state index contributed by atoms with van der Waals surface area (Å²) in [6.07, 6.45) is 0.412. The first-order chi connectivity index (χ1) is 6.74. The Kier molecular flexibility index (Phi) is 4.46. The SMILES string of the molecule is CNC(=O)CCSc1ccccc1F. The van der Waals surface area contributed by atoms with Gasteiger partial charge >= 0.3 is 0 Å². The molecule has 1 aromatic carbocycles. The second kappa shape index (κ2) is 5.65. The lowest BCUT2D eigenvalue weighted by molar-refractivity contribution is -0.120. The van der Waals surface area contributed by atoms with Crippen molar-refractivity contribution in [2.24, 2.45) is 0 Å². The van der Waals surface area contributed by atoms with Gasteiger partial charge in [-0.2, -0.15) is 0 Å². The van der Waals surface area contributed by atoms with Crippen molar-refractivity contribution in [2.75, 3.05) is 12.8 Å². The lowest BCUT2D eigenvalue weighted by Crippen LogP contribution is -2.17. The van der Waals surface area contributed by atoms with E-state index in [1.807, 2.05) is 0 Å². The van der Waals surface area contributed by atoms with Crippen LogP contribution in [-0.2, 0) is 4.79 Å². The minimum absolute atomic E-state index is 0.0196. The van der Waals surface area contributed by atoms with E-state index in [-0.39, 0.29) is 11.7 Å². The third-order valence-electron chi connectivity index (χ3n) is 1.70. The molecule has 0 unspecified atom stereocenters. The number of rotatable bonds is 4. The van der Waals surface area contributed by atoms with E-state index in [0.29, 0.717) is 17.1 Å². The normalized spacial score (nSPS) is 9.86. The van der Waals surface area contributed by atoms with Gasteiger partial charge in [0.05, 0.1) is 0 Å². The summed E-state index contributed by atoms with van der Waals surface area (Å²) in [5, 5.41) is 2.52. The van der Waals surface area contributed by atoms with Gasteiger partial charge in [0, 0.05) is 24.1 Å². The molecule has 0 aliphatic rings. The van der Waals surface area contributed by atoms with Crippen molar-refractivity contribution in [3.63, 3.8) is 0 Å². The second-order valence-corrected chi connectivity index (χ2v) is 3.84. The Labute approximate surface area is 86.9 Å². The summed E-state index contributed by atoms with van der Waals surface area (Å²) in [6, 6.07) is 6.57. The summed E-state index contributed by atoms with van der Waals surface area (Å²) in [4.78, 5) is 11.5. The predicted octanol–water partition coefficient (Wildman–Crippen LogP) is 2.05. The van der Waals surface area contributed by atoms with Gasteiger partial charge in [-0.25, -0.2) is 4.39 Å². The van der Waals surface area contributed by atoms with Gasteiger partial charge in [-0.3, -0.25) is 4.79 Å². The topological polar surface area (TPSA) is 29.1 Å². The summed E-state index contributed by atoms with van der Waals surface area (Å²) in [7, 11) is 1.59. The lowest BCUT2D eigenvalue weighted by atomic mass is 10.3. The van der Waals surface area contributed by atoms with Crippen LogP contribution in [-0.4, -0.2) is 18.7 Å². The van der Waals surface area contributed by atoms with Crippen molar-refractivity contribution in [1.29, 1.82) is 0 Å². The quantitative estimate of drug-likeness (QED) is 0.776. The van der Waals surface area contributed by atoms with Crippen LogP contribution in [0.4, 0.5) is 4.39 Å². The summed E-state index contributed by atoms with van der Waals surface area (Å²) < 4.78 is 13.1. The summed E-state index contributed by atoms with van der Waals surface area (Å²) in [6.45, 7) is 0. The van der Waals surface area contributed by atoms with Crippen molar-refractivity contribution in [1.82, 2.24) is 5.32 Å². The fraction of sp³-hybridized carbons (Fsp3) is 0.300. The second-order valence-electron chi connectivity index (χ2n) is 2.70. The molecule has 0 saturated carbocycles. The number of benzene rings is 1. The Morgan fingerprint density at radius 3 is 2.86 bits per heavy atom. The molecule has 0 fully saturated rings. The molecule has 0 spiro atoms. The lowest BCUT2D eigenvalue weighted by Gasteiger charge is -2.01. The number of nitrogens with one attached hydrogen (secondary N) is 1. The minimum atomic E-state index is -0.227. The molecule has 1 rings (SSSR count). The Morgan fingerprint density at radius 1 is 1.50 bits per heavy atom. The van der Waals surface area contributed by atoms with Gasteiger partial charge in [-0.05, 0) is 12.1 Å².